The summed E-state index contributed by atoms with van der Waals surface area (Å²) >= 11 is 0. The molecule has 0 radical (unpaired) electrons. The maximum absolute atomic E-state index is 12.1. The second kappa shape index (κ2) is 6.36. The Hall–Kier alpha value is -2.41. The molecule has 7 heteroatoms. The molecule has 0 saturated heterocycles. The van der Waals surface area contributed by atoms with Crippen molar-refractivity contribution in [3.63, 3.8) is 0 Å². The van der Waals surface area contributed by atoms with Gasteiger partial charge in [-0.1, -0.05) is 6.07 Å². The number of carboxylic acids is 2. The molecule has 1 heterocycles. The molecule has 1 amide bonds. The molecule has 0 saturated carbocycles. The fourth-order valence-electron chi connectivity index (χ4n) is 2.20. The summed E-state index contributed by atoms with van der Waals surface area (Å²) in [6.45, 7) is 1.44. The summed E-state index contributed by atoms with van der Waals surface area (Å²) < 4.78 is 0. The van der Waals surface area contributed by atoms with Crippen LogP contribution in [-0.4, -0.2) is 34.1 Å². The molecule has 0 unspecified atom stereocenters. The van der Waals surface area contributed by atoms with Gasteiger partial charge in [0, 0.05) is 25.1 Å². The summed E-state index contributed by atoms with van der Waals surface area (Å²) in [5.41, 5.74) is 2.51. The number of nitrogens with one attached hydrogen (secondary N) is 2. The molecule has 1 aliphatic rings. The summed E-state index contributed by atoms with van der Waals surface area (Å²) in [7, 11) is 0. The van der Waals surface area contributed by atoms with E-state index in [1.54, 1.807) is 12.1 Å². The third-order valence-corrected chi connectivity index (χ3v) is 3.35. The summed E-state index contributed by atoms with van der Waals surface area (Å²) in [5, 5.41) is 23.1. The first-order valence-electron chi connectivity index (χ1n) is 6.55. The average molecular weight is 292 g/mol. The molecule has 112 valence electrons. The monoisotopic (exact) mass is 292 g/mol. The fraction of sp³-hybridized carbons (Fsp3) is 0.357. The second-order valence-electron chi connectivity index (χ2n) is 4.88. The van der Waals surface area contributed by atoms with Crippen molar-refractivity contribution in [2.24, 2.45) is 0 Å². The van der Waals surface area contributed by atoms with Gasteiger partial charge in [-0.25, -0.2) is 4.79 Å². The molecule has 0 aromatic heterocycles. The van der Waals surface area contributed by atoms with Crippen LogP contribution in [0.1, 0.15) is 34.3 Å². The number of carbonyl (C=O) groups is 3. The number of carboxylic acid groups (broad SMARTS) is 2. The Bertz CT molecular complexity index is 585. The standard InChI is InChI=1S/C14H16N2O5/c17-12(18)4-3-11(14(20)21)16-13(19)8-1-2-9-6-15-7-10(9)5-8/h1-2,5,11,15H,3-4,6-7H2,(H,16,19)(H,17,18)(H,20,21)/t11-/m0/s1. The summed E-state index contributed by atoms with van der Waals surface area (Å²) in [6.07, 6.45) is -0.464. The van der Waals surface area contributed by atoms with Crippen LogP contribution in [0, 0.1) is 0 Å². The quantitative estimate of drug-likeness (QED) is 0.601. The van der Waals surface area contributed by atoms with Crippen LogP contribution in [0.2, 0.25) is 0 Å². The highest BCUT2D eigenvalue weighted by molar-refractivity contribution is 5.96. The Morgan fingerprint density at radius 2 is 1.90 bits per heavy atom. The van der Waals surface area contributed by atoms with Crippen molar-refractivity contribution in [2.45, 2.75) is 32.0 Å². The Morgan fingerprint density at radius 3 is 2.57 bits per heavy atom. The van der Waals surface area contributed by atoms with Crippen molar-refractivity contribution >= 4 is 17.8 Å². The van der Waals surface area contributed by atoms with Gasteiger partial charge in [0.15, 0.2) is 0 Å². The van der Waals surface area contributed by atoms with Gasteiger partial charge in [-0.15, -0.1) is 0 Å². The smallest absolute Gasteiger partial charge is 0.326 e. The lowest BCUT2D eigenvalue weighted by Crippen LogP contribution is -2.41. The van der Waals surface area contributed by atoms with Gasteiger partial charge in [0.2, 0.25) is 0 Å². The van der Waals surface area contributed by atoms with Crippen LogP contribution in [0.15, 0.2) is 18.2 Å². The van der Waals surface area contributed by atoms with Crippen molar-refractivity contribution in [1.29, 1.82) is 0 Å². The molecule has 21 heavy (non-hydrogen) atoms. The van der Waals surface area contributed by atoms with Crippen molar-refractivity contribution in [3.8, 4) is 0 Å². The third kappa shape index (κ3) is 3.79. The molecule has 1 atom stereocenters. The van der Waals surface area contributed by atoms with Gasteiger partial charge >= 0.3 is 11.9 Å². The maximum Gasteiger partial charge on any atom is 0.326 e. The number of amides is 1. The van der Waals surface area contributed by atoms with E-state index in [-0.39, 0.29) is 12.8 Å². The van der Waals surface area contributed by atoms with E-state index in [0.717, 1.165) is 17.7 Å². The molecular weight excluding hydrogens is 276 g/mol. The van der Waals surface area contributed by atoms with E-state index in [1.165, 1.54) is 0 Å². The number of benzene rings is 1. The Labute approximate surface area is 121 Å². The Morgan fingerprint density at radius 1 is 1.19 bits per heavy atom. The van der Waals surface area contributed by atoms with E-state index < -0.39 is 23.9 Å². The van der Waals surface area contributed by atoms with Gasteiger partial charge < -0.3 is 20.8 Å². The van der Waals surface area contributed by atoms with Crippen molar-refractivity contribution in [2.75, 3.05) is 0 Å². The average Bonchev–Trinajstić information content (AvgIpc) is 2.89. The molecule has 1 aliphatic heterocycles. The molecule has 0 spiro atoms. The number of hydrogen-bond acceptors (Lipinski definition) is 4. The minimum absolute atomic E-state index is 0.150. The minimum atomic E-state index is -1.24. The number of carbonyl (C=O) groups excluding carboxylic acids is 1. The minimum Gasteiger partial charge on any atom is -0.481 e. The van der Waals surface area contributed by atoms with Crippen LogP contribution in [-0.2, 0) is 22.7 Å². The maximum atomic E-state index is 12.1. The van der Waals surface area contributed by atoms with Gasteiger partial charge in [0.25, 0.3) is 5.91 Å². The SMILES string of the molecule is O=C(O)CC[C@H](NC(=O)c1ccc2c(c1)CNC2)C(=O)O. The zero-order valence-electron chi connectivity index (χ0n) is 11.3. The normalized spacial score (nSPS) is 14.3. The van der Waals surface area contributed by atoms with E-state index in [1.807, 2.05) is 6.07 Å². The highest BCUT2D eigenvalue weighted by Crippen LogP contribution is 2.17. The van der Waals surface area contributed by atoms with Gasteiger partial charge in [-0.05, 0) is 29.7 Å². The predicted molar refractivity (Wildman–Crippen MR) is 72.7 cm³/mol. The summed E-state index contributed by atoms with van der Waals surface area (Å²) in [4.78, 5) is 33.6. The van der Waals surface area contributed by atoms with Gasteiger partial charge in [0.05, 0.1) is 0 Å². The first-order chi connectivity index (χ1) is 9.97. The number of rotatable bonds is 6. The zero-order chi connectivity index (χ0) is 15.4. The second-order valence-corrected chi connectivity index (χ2v) is 4.88. The van der Waals surface area contributed by atoms with Gasteiger partial charge in [-0.2, -0.15) is 0 Å². The fourth-order valence-corrected chi connectivity index (χ4v) is 2.20. The van der Waals surface area contributed by atoms with Crippen LogP contribution in [0.3, 0.4) is 0 Å². The molecule has 0 fully saturated rings. The molecular formula is C14H16N2O5. The van der Waals surface area contributed by atoms with Gasteiger partial charge in [-0.3, -0.25) is 9.59 Å². The molecule has 0 bridgehead atoms. The number of aliphatic carboxylic acids is 2. The van der Waals surface area contributed by atoms with E-state index in [2.05, 4.69) is 10.6 Å². The van der Waals surface area contributed by atoms with Crippen LogP contribution >= 0.6 is 0 Å². The number of fused-ring (bicyclic) bond motifs is 1. The molecule has 2 rings (SSSR count). The lowest BCUT2D eigenvalue weighted by molar-refractivity contribution is -0.140. The van der Waals surface area contributed by atoms with Crippen LogP contribution < -0.4 is 10.6 Å². The summed E-state index contributed by atoms with van der Waals surface area (Å²) in [5.74, 6) is -2.85. The van der Waals surface area contributed by atoms with E-state index in [0.29, 0.717) is 12.1 Å². The molecule has 1 aromatic rings. The van der Waals surface area contributed by atoms with Crippen LogP contribution in [0.5, 0.6) is 0 Å². The lowest BCUT2D eigenvalue weighted by Gasteiger charge is -2.14. The third-order valence-electron chi connectivity index (χ3n) is 3.35. The zero-order valence-corrected chi connectivity index (χ0v) is 11.3. The predicted octanol–water partition coefficient (Wildman–Crippen LogP) is 0.338. The lowest BCUT2D eigenvalue weighted by atomic mass is 10.1. The van der Waals surface area contributed by atoms with Crippen LogP contribution in [0.4, 0.5) is 0 Å². The first kappa shape index (κ1) is 15.0. The van der Waals surface area contributed by atoms with Crippen LogP contribution in [0.25, 0.3) is 0 Å². The molecule has 7 nitrogen and oxygen atoms in total. The first-order valence-corrected chi connectivity index (χ1v) is 6.55. The molecule has 1 aromatic carbocycles. The van der Waals surface area contributed by atoms with Crippen molar-refractivity contribution in [3.05, 3.63) is 34.9 Å². The highest BCUT2D eigenvalue weighted by atomic mass is 16.4. The van der Waals surface area contributed by atoms with Gasteiger partial charge in [0.1, 0.15) is 6.04 Å². The van der Waals surface area contributed by atoms with E-state index in [9.17, 15) is 14.4 Å². The Balaban J connectivity index is 2.04. The molecule has 0 aliphatic carbocycles. The van der Waals surface area contributed by atoms with E-state index in [4.69, 9.17) is 10.2 Å². The topological polar surface area (TPSA) is 116 Å². The Kier molecular flexibility index (Phi) is 4.54. The number of hydrogen-bond donors (Lipinski definition) is 4. The summed E-state index contributed by atoms with van der Waals surface area (Å²) in [6, 6.07) is 3.98. The molecule has 4 N–H and O–H groups in total. The van der Waals surface area contributed by atoms with Crippen molar-refractivity contribution < 1.29 is 24.6 Å². The highest BCUT2D eigenvalue weighted by Gasteiger charge is 2.22. The van der Waals surface area contributed by atoms with E-state index >= 15 is 0 Å². The van der Waals surface area contributed by atoms with Crippen molar-refractivity contribution in [1.82, 2.24) is 10.6 Å². The largest absolute Gasteiger partial charge is 0.481 e.